The summed E-state index contributed by atoms with van der Waals surface area (Å²) in [7, 11) is 0. The first kappa shape index (κ1) is 11.2. The molecular weight excluding hydrogens is 226 g/mol. The summed E-state index contributed by atoms with van der Waals surface area (Å²) in [5.74, 6) is 0.0659. The number of pyridine rings is 1. The standard InChI is InChI=1S/C14H15N3O/c18-14-13(15-7-8-16-14)9-11-6-5-10-3-1-2-4-12(10)17-11/h1-6,13,15H,7-9H2,(H,16,18). The number of hydrogen-bond donors (Lipinski definition) is 2. The smallest absolute Gasteiger partial charge is 0.237 e. The lowest BCUT2D eigenvalue weighted by molar-refractivity contribution is -0.124. The summed E-state index contributed by atoms with van der Waals surface area (Å²) in [6.07, 6.45) is 0.636. The van der Waals surface area contributed by atoms with Crippen molar-refractivity contribution in [2.75, 3.05) is 13.1 Å². The number of aromatic nitrogens is 1. The quantitative estimate of drug-likeness (QED) is 0.820. The predicted molar refractivity (Wildman–Crippen MR) is 70.2 cm³/mol. The van der Waals surface area contributed by atoms with Gasteiger partial charge in [-0.15, -0.1) is 0 Å². The molecule has 92 valence electrons. The van der Waals surface area contributed by atoms with E-state index >= 15 is 0 Å². The molecule has 0 saturated carbocycles. The summed E-state index contributed by atoms with van der Waals surface area (Å²) in [6.45, 7) is 1.53. The van der Waals surface area contributed by atoms with Gasteiger partial charge in [0.1, 0.15) is 0 Å². The summed E-state index contributed by atoms with van der Waals surface area (Å²) in [5, 5.41) is 7.20. The minimum Gasteiger partial charge on any atom is -0.353 e. The maximum atomic E-state index is 11.7. The van der Waals surface area contributed by atoms with E-state index in [0.717, 1.165) is 23.1 Å². The molecule has 18 heavy (non-hydrogen) atoms. The lowest BCUT2D eigenvalue weighted by Gasteiger charge is -2.23. The molecule has 2 N–H and O–H groups in total. The summed E-state index contributed by atoms with van der Waals surface area (Å²) >= 11 is 0. The van der Waals surface area contributed by atoms with Crippen LogP contribution in [0.1, 0.15) is 5.69 Å². The van der Waals surface area contributed by atoms with E-state index in [1.54, 1.807) is 0 Å². The van der Waals surface area contributed by atoms with Crippen LogP contribution in [0.4, 0.5) is 0 Å². The number of benzene rings is 1. The summed E-state index contributed by atoms with van der Waals surface area (Å²) < 4.78 is 0. The minimum atomic E-state index is -0.160. The number of carbonyl (C=O) groups is 1. The van der Waals surface area contributed by atoms with Gasteiger partial charge in [-0.2, -0.15) is 0 Å². The summed E-state index contributed by atoms with van der Waals surface area (Å²) in [4.78, 5) is 16.2. The van der Waals surface area contributed by atoms with Crippen LogP contribution in [0.25, 0.3) is 10.9 Å². The SMILES string of the molecule is O=C1NCCNC1Cc1ccc2ccccc2n1. The van der Waals surface area contributed by atoms with E-state index < -0.39 is 0 Å². The molecule has 1 aromatic carbocycles. The Morgan fingerprint density at radius 2 is 2.06 bits per heavy atom. The topological polar surface area (TPSA) is 54.0 Å². The summed E-state index contributed by atoms with van der Waals surface area (Å²) in [5.41, 5.74) is 1.93. The molecule has 1 fully saturated rings. The Balaban J connectivity index is 1.83. The van der Waals surface area contributed by atoms with Gasteiger partial charge in [-0.25, -0.2) is 0 Å². The van der Waals surface area contributed by atoms with E-state index in [-0.39, 0.29) is 11.9 Å². The zero-order valence-electron chi connectivity index (χ0n) is 10.0. The van der Waals surface area contributed by atoms with Crippen LogP contribution in [-0.2, 0) is 11.2 Å². The molecule has 1 aliphatic rings. The summed E-state index contributed by atoms with van der Waals surface area (Å²) in [6, 6.07) is 11.9. The fourth-order valence-corrected chi connectivity index (χ4v) is 2.24. The van der Waals surface area contributed by atoms with Crippen molar-refractivity contribution in [1.82, 2.24) is 15.6 Å². The number of piperazine rings is 1. The number of hydrogen-bond acceptors (Lipinski definition) is 3. The molecular formula is C14H15N3O. The normalized spacial score (nSPS) is 19.8. The Morgan fingerprint density at radius 1 is 1.17 bits per heavy atom. The Kier molecular flexibility index (Phi) is 2.94. The highest BCUT2D eigenvalue weighted by Crippen LogP contribution is 2.13. The molecule has 1 aliphatic heterocycles. The fraction of sp³-hybridized carbons (Fsp3) is 0.286. The Bertz CT molecular complexity index is 582. The number of nitrogens with one attached hydrogen (secondary N) is 2. The van der Waals surface area contributed by atoms with Crippen molar-refractivity contribution in [3.05, 3.63) is 42.1 Å². The minimum absolute atomic E-state index is 0.0659. The van der Waals surface area contributed by atoms with Gasteiger partial charge < -0.3 is 10.6 Å². The third-order valence-electron chi connectivity index (χ3n) is 3.20. The molecule has 0 radical (unpaired) electrons. The molecule has 1 amide bonds. The largest absolute Gasteiger partial charge is 0.353 e. The van der Waals surface area contributed by atoms with Crippen molar-refractivity contribution >= 4 is 16.8 Å². The second-order valence-electron chi connectivity index (χ2n) is 4.50. The molecule has 0 aliphatic carbocycles. The molecule has 4 heteroatoms. The molecule has 0 bridgehead atoms. The van der Waals surface area contributed by atoms with E-state index in [1.165, 1.54) is 0 Å². The maximum absolute atomic E-state index is 11.7. The predicted octanol–water partition coefficient (Wildman–Crippen LogP) is 0.865. The number of rotatable bonds is 2. The van der Waals surface area contributed by atoms with Crippen LogP contribution in [0.2, 0.25) is 0 Å². The second kappa shape index (κ2) is 4.74. The third kappa shape index (κ3) is 2.19. The van der Waals surface area contributed by atoms with Crippen molar-refractivity contribution in [3.8, 4) is 0 Å². The molecule has 2 aromatic rings. The van der Waals surface area contributed by atoms with Crippen LogP contribution in [0.5, 0.6) is 0 Å². The first-order chi connectivity index (χ1) is 8.83. The zero-order valence-corrected chi connectivity index (χ0v) is 10.0. The van der Waals surface area contributed by atoms with Crippen LogP contribution in [0.15, 0.2) is 36.4 Å². The van der Waals surface area contributed by atoms with E-state index in [0.29, 0.717) is 13.0 Å². The van der Waals surface area contributed by atoms with Gasteiger partial charge in [-0.05, 0) is 12.1 Å². The monoisotopic (exact) mass is 241 g/mol. The average molecular weight is 241 g/mol. The fourth-order valence-electron chi connectivity index (χ4n) is 2.24. The molecule has 1 aromatic heterocycles. The van der Waals surface area contributed by atoms with Gasteiger partial charge in [0.2, 0.25) is 5.91 Å². The Hall–Kier alpha value is -1.94. The van der Waals surface area contributed by atoms with Crippen molar-refractivity contribution in [3.63, 3.8) is 0 Å². The van der Waals surface area contributed by atoms with Gasteiger partial charge in [-0.1, -0.05) is 24.3 Å². The van der Waals surface area contributed by atoms with Crippen LogP contribution < -0.4 is 10.6 Å². The van der Waals surface area contributed by atoms with Crippen molar-refractivity contribution < 1.29 is 4.79 Å². The van der Waals surface area contributed by atoms with Gasteiger partial charge in [0.25, 0.3) is 0 Å². The van der Waals surface area contributed by atoms with Crippen molar-refractivity contribution in [2.45, 2.75) is 12.5 Å². The number of carbonyl (C=O) groups excluding carboxylic acids is 1. The third-order valence-corrected chi connectivity index (χ3v) is 3.20. The molecule has 1 saturated heterocycles. The first-order valence-corrected chi connectivity index (χ1v) is 6.19. The van der Waals surface area contributed by atoms with Crippen LogP contribution >= 0.6 is 0 Å². The van der Waals surface area contributed by atoms with Crippen LogP contribution in [0.3, 0.4) is 0 Å². The van der Waals surface area contributed by atoms with E-state index in [4.69, 9.17) is 0 Å². The number of fused-ring (bicyclic) bond motifs is 1. The zero-order chi connectivity index (χ0) is 12.4. The molecule has 4 nitrogen and oxygen atoms in total. The molecule has 1 unspecified atom stereocenters. The lowest BCUT2D eigenvalue weighted by atomic mass is 10.1. The molecule has 1 atom stereocenters. The molecule has 0 spiro atoms. The highest BCUT2D eigenvalue weighted by Gasteiger charge is 2.21. The molecule has 2 heterocycles. The van der Waals surface area contributed by atoms with E-state index in [1.807, 2.05) is 30.3 Å². The van der Waals surface area contributed by atoms with Gasteiger partial charge >= 0.3 is 0 Å². The van der Waals surface area contributed by atoms with Crippen molar-refractivity contribution in [2.24, 2.45) is 0 Å². The number of para-hydroxylation sites is 1. The lowest BCUT2D eigenvalue weighted by Crippen LogP contribution is -2.53. The van der Waals surface area contributed by atoms with Gasteiger partial charge in [-0.3, -0.25) is 9.78 Å². The van der Waals surface area contributed by atoms with Crippen LogP contribution in [-0.4, -0.2) is 30.0 Å². The first-order valence-electron chi connectivity index (χ1n) is 6.19. The van der Waals surface area contributed by atoms with Crippen molar-refractivity contribution in [1.29, 1.82) is 0 Å². The van der Waals surface area contributed by atoms with Gasteiger partial charge in [0, 0.05) is 30.6 Å². The maximum Gasteiger partial charge on any atom is 0.237 e. The van der Waals surface area contributed by atoms with Gasteiger partial charge in [0.15, 0.2) is 0 Å². The second-order valence-corrected chi connectivity index (χ2v) is 4.50. The van der Waals surface area contributed by atoms with E-state index in [9.17, 15) is 4.79 Å². The highest BCUT2D eigenvalue weighted by atomic mass is 16.2. The average Bonchev–Trinajstić information content (AvgIpc) is 2.41. The molecule has 3 rings (SSSR count). The Morgan fingerprint density at radius 3 is 2.94 bits per heavy atom. The Labute approximate surface area is 105 Å². The van der Waals surface area contributed by atoms with E-state index in [2.05, 4.69) is 21.7 Å². The number of amides is 1. The highest BCUT2D eigenvalue weighted by molar-refractivity contribution is 5.83. The van der Waals surface area contributed by atoms with Gasteiger partial charge in [0.05, 0.1) is 11.6 Å². The van der Waals surface area contributed by atoms with Crippen LogP contribution in [0, 0.1) is 0 Å². The number of nitrogens with zero attached hydrogens (tertiary/aromatic N) is 1.